The Morgan fingerprint density at radius 2 is 1.96 bits per heavy atom. The Morgan fingerprint density at radius 3 is 2.58 bits per heavy atom. The summed E-state index contributed by atoms with van der Waals surface area (Å²) in [6.45, 7) is 5.87. The number of pyridine rings is 1. The number of thiazole rings is 1. The summed E-state index contributed by atoms with van der Waals surface area (Å²) in [5.74, 6) is -0.151. The molecule has 0 fully saturated rings. The number of nitrogens with one attached hydrogen (secondary N) is 1. The number of nitrogens with zero attached hydrogens (tertiary/aromatic N) is 2. The molecular formula is C18H17N3OS2. The van der Waals surface area contributed by atoms with Crippen molar-refractivity contribution in [2.24, 2.45) is 0 Å². The smallest absolute Gasteiger partial charge is 0.257 e. The number of benzene rings is 1. The van der Waals surface area contributed by atoms with Crippen molar-refractivity contribution < 1.29 is 4.79 Å². The standard InChI is InChI=1S/C18H17N3OS2/c1-11-8-15(24-18-20-13(3)10-23-18)6-7-16(11)21-17(22)14-5-4-12(2)19-9-14/h4-10H,1-3H3,(H,21,22). The molecule has 122 valence electrons. The quantitative estimate of drug-likeness (QED) is 0.725. The van der Waals surface area contributed by atoms with Gasteiger partial charge >= 0.3 is 0 Å². The van der Waals surface area contributed by atoms with Crippen molar-refractivity contribution in [3.8, 4) is 0 Å². The third kappa shape index (κ3) is 4.01. The van der Waals surface area contributed by atoms with E-state index in [0.717, 1.165) is 31.9 Å². The van der Waals surface area contributed by atoms with Gasteiger partial charge in [0.1, 0.15) is 0 Å². The van der Waals surface area contributed by atoms with E-state index in [1.54, 1.807) is 35.4 Å². The lowest BCUT2D eigenvalue weighted by atomic mass is 10.2. The summed E-state index contributed by atoms with van der Waals surface area (Å²) in [5, 5.41) is 4.98. The maximum Gasteiger partial charge on any atom is 0.257 e. The molecule has 4 nitrogen and oxygen atoms in total. The van der Waals surface area contributed by atoms with Crippen LogP contribution in [0.25, 0.3) is 0 Å². The minimum Gasteiger partial charge on any atom is -0.322 e. The zero-order valence-electron chi connectivity index (χ0n) is 13.7. The lowest BCUT2D eigenvalue weighted by molar-refractivity contribution is 0.102. The molecule has 3 aromatic rings. The molecule has 0 aliphatic carbocycles. The SMILES string of the molecule is Cc1ccc(C(=O)Nc2ccc(Sc3nc(C)cs3)cc2C)cn1. The van der Waals surface area contributed by atoms with E-state index >= 15 is 0 Å². The first kappa shape index (κ1) is 16.7. The van der Waals surface area contributed by atoms with Crippen LogP contribution in [-0.4, -0.2) is 15.9 Å². The van der Waals surface area contributed by atoms with Crippen LogP contribution in [0.2, 0.25) is 0 Å². The van der Waals surface area contributed by atoms with E-state index in [-0.39, 0.29) is 5.91 Å². The Balaban J connectivity index is 1.72. The first-order chi connectivity index (χ1) is 11.5. The fraction of sp³-hybridized carbons (Fsp3) is 0.167. The van der Waals surface area contributed by atoms with Crippen LogP contribution in [-0.2, 0) is 0 Å². The number of carbonyl (C=O) groups excluding carboxylic acids is 1. The van der Waals surface area contributed by atoms with Gasteiger partial charge in [-0.25, -0.2) is 4.98 Å². The highest BCUT2D eigenvalue weighted by atomic mass is 32.2. The molecule has 3 rings (SSSR count). The molecule has 24 heavy (non-hydrogen) atoms. The van der Waals surface area contributed by atoms with E-state index in [9.17, 15) is 4.79 Å². The second-order valence-electron chi connectivity index (χ2n) is 5.48. The first-order valence-electron chi connectivity index (χ1n) is 7.46. The zero-order chi connectivity index (χ0) is 17.1. The lowest BCUT2D eigenvalue weighted by Crippen LogP contribution is -2.13. The van der Waals surface area contributed by atoms with Crippen molar-refractivity contribution in [3.63, 3.8) is 0 Å². The van der Waals surface area contributed by atoms with Crippen molar-refractivity contribution in [3.05, 3.63) is 64.4 Å². The molecule has 0 spiro atoms. The van der Waals surface area contributed by atoms with Crippen molar-refractivity contribution in [2.45, 2.75) is 30.0 Å². The van der Waals surface area contributed by atoms with Crippen LogP contribution in [0.3, 0.4) is 0 Å². The summed E-state index contributed by atoms with van der Waals surface area (Å²) in [5.41, 5.74) is 4.30. The van der Waals surface area contributed by atoms with E-state index in [0.29, 0.717) is 5.56 Å². The molecule has 0 aliphatic rings. The van der Waals surface area contributed by atoms with E-state index in [1.807, 2.05) is 44.4 Å². The fourth-order valence-corrected chi connectivity index (χ4v) is 4.03. The summed E-state index contributed by atoms with van der Waals surface area (Å²) in [4.78, 5) is 22.0. The topological polar surface area (TPSA) is 54.9 Å². The molecule has 0 unspecified atom stereocenters. The van der Waals surface area contributed by atoms with E-state index < -0.39 is 0 Å². The Kier molecular flexibility index (Phi) is 4.97. The Morgan fingerprint density at radius 1 is 1.12 bits per heavy atom. The number of hydrogen-bond acceptors (Lipinski definition) is 5. The lowest BCUT2D eigenvalue weighted by Gasteiger charge is -2.10. The van der Waals surface area contributed by atoms with Crippen molar-refractivity contribution >= 4 is 34.7 Å². The Hall–Kier alpha value is -2.18. The van der Waals surface area contributed by atoms with Crippen LogP contribution in [0.15, 0.2) is 51.1 Å². The van der Waals surface area contributed by atoms with Gasteiger partial charge in [0.05, 0.1) is 5.56 Å². The normalized spacial score (nSPS) is 10.6. The van der Waals surface area contributed by atoms with Gasteiger partial charge < -0.3 is 5.32 Å². The van der Waals surface area contributed by atoms with Gasteiger partial charge in [-0.05, 0) is 56.7 Å². The summed E-state index contributed by atoms with van der Waals surface area (Å²) in [6, 6.07) is 9.60. The largest absolute Gasteiger partial charge is 0.322 e. The van der Waals surface area contributed by atoms with E-state index in [4.69, 9.17) is 0 Å². The van der Waals surface area contributed by atoms with E-state index in [1.165, 1.54) is 0 Å². The van der Waals surface area contributed by atoms with Crippen molar-refractivity contribution in [1.82, 2.24) is 9.97 Å². The number of aryl methyl sites for hydroxylation is 3. The highest BCUT2D eigenvalue weighted by Gasteiger charge is 2.09. The minimum absolute atomic E-state index is 0.151. The molecular weight excluding hydrogens is 338 g/mol. The van der Waals surface area contributed by atoms with Crippen LogP contribution < -0.4 is 5.32 Å². The van der Waals surface area contributed by atoms with Crippen LogP contribution >= 0.6 is 23.1 Å². The van der Waals surface area contributed by atoms with Gasteiger partial charge in [0.25, 0.3) is 5.91 Å². The molecule has 1 N–H and O–H groups in total. The van der Waals surface area contributed by atoms with Crippen LogP contribution in [0, 0.1) is 20.8 Å². The molecule has 0 radical (unpaired) electrons. The average Bonchev–Trinajstić information content (AvgIpc) is 2.95. The van der Waals surface area contributed by atoms with Crippen LogP contribution in [0.5, 0.6) is 0 Å². The highest BCUT2D eigenvalue weighted by molar-refractivity contribution is 8.01. The third-order valence-electron chi connectivity index (χ3n) is 3.42. The van der Waals surface area contributed by atoms with Crippen LogP contribution in [0.4, 0.5) is 5.69 Å². The summed E-state index contributed by atoms with van der Waals surface area (Å²) in [7, 11) is 0. The first-order valence-corrected chi connectivity index (χ1v) is 9.15. The molecule has 2 heterocycles. The maximum absolute atomic E-state index is 12.3. The van der Waals surface area contributed by atoms with Crippen molar-refractivity contribution in [2.75, 3.05) is 5.32 Å². The molecule has 0 aliphatic heterocycles. The number of aromatic nitrogens is 2. The molecule has 0 atom stereocenters. The molecule has 0 bridgehead atoms. The van der Waals surface area contributed by atoms with Gasteiger partial charge in [-0.15, -0.1) is 11.3 Å². The predicted molar refractivity (Wildman–Crippen MR) is 99.1 cm³/mol. The summed E-state index contributed by atoms with van der Waals surface area (Å²) < 4.78 is 1.02. The maximum atomic E-state index is 12.3. The van der Waals surface area contributed by atoms with Gasteiger partial charge in [0.2, 0.25) is 0 Å². The van der Waals surface area contributed by atoms with Gasteiger partial charge in [-0.3, -0.25) is 9.78 Å². The number of carbonyl (C=O) groups is 1. The number of amides is 1. The zero-order valence-corrected chi connectivity index (χ0v) is 15.3. The predicted octanol–water partition coefficient (Wildman–Crippen LogP) is 4.87. The van der Waals surface area contributed by atoms with Crippen LogP contribution in [0.1, 0.15) is 27.3 Å². The second-order valence-corrected chi connectivity index (χ2v) is 7.65. The van der Waals surface area contributed by atoms with Gasteiger partial charge in [0.15, 0.2) is 4.34 Å². The second kappa shape index (κ2) is 7.15. The average molecular weight is 355 g/mol. The molecule has 1 aromatic carbocycles. The summed E-state index contributed by atoms with van der Waals surface area (Å²) in [6.07, 6.45) is 1.59. The van der Waals surface area contributed by atoms with Crippen molar-refractivity contribution in [1.29, 1.82) is 0 Å². The molecule has 6 heteroatoms. The number of rotatable bonds is 4. The Bertz CT molecular complexity index is 872. The Labute approximate surface area is 149 Å². The van der Waals surface area contributed by atoms with Gasteiger partial charge in [-0.2, -0.15) is 0 Å². The molecule has 0 saturated heterocycles. The number of anilines is 1. The minimum atomic E-state index is -0.151. The fourth-order valence-electron chi connectivity index (χ4n) is 2.12. The third-order valence-corrected chi connectivity index (χ3v) is 5.47. The van der Waals surface area contributed by atoms with E-state index in [2.05, 4.69) is 21.4 Å². The van der Waals surface area contributed by atoms with Gasteiger partial charge in [-0.1, -0.05) is 11.8 Å². The van der Waals surface area contributed by atoms with Gasteiger partial charge in [0, 0.05) is 33.5 Å². The molecule has 0 saturated carbocycles. The molecule has 2 aromatic heterocycles. The molecule has 1 amide bonds. The number of hydrogen-bond donors (Lipinski definition) is 1. The monoisotopic (exact) mass is 355 g/mol. The highest BCUT2D eigenvalue weighted by Crippen LogP contribution is 2.32. The summed E-state index contributed by atoms with van der Waals surface area (Å²) >= 11 is 3.27.